The van der Waals surface area contributed by atoms with Crippen molar-refractivity contribution in [1.82, 2.24) is 5.01 Å². The molecule has 0 bridgehead atoms. The van der Waals surface area contributed by atoms with Crippen molar-refractivity contribution < 1.29 is 14.7 Å². The molecule has 1 saturated carbocycles. The van der Waals surface area contributed by atoms with E-state index < -0.39 is 11.9 Å². The second-order valence-electron chi connectivity index (χ2n) is 7.56. The molecule has 0 saturated heterocycles. The molecule has 2 aromatic carbocycles. The van der Waals surface area contributed by atoms with Crippen molar-refractivity contribution in [3.63, 3.8) is 0 Å². The zero-order valence-corrected chi connectivity index (χ0v) is 19.7. The van der Waals surface area contributed by atoms with Crippen molar-refractivity contribution in [3.8, 4) is 0 Å². The molecule has 1 heterocycles. The SMILES string of the molecule is O=C(O)/C=C\C(=O)N1N=C2/C(=C/c3ccc(Br)cc3)CCC[C@H]2[C@H]1c1ccc(Br)cc1. The molecule has 7 heteroatoms. The number of amides is 1. The molecule has 2 aliphatic rings. The Morgan fingerprint density at radius 1 is 1.00 bits per heavy atom. The molecule has 1 fully saturated rings. The highest BCUT2D eigenvalue weighted by atomic mass is 79.9. The number of hydrogen-bond donors (Lipinski definition) is 1. The largest absolute Gasteiger partial charge is 0.478 e. The summed E-state index contributed by atoms with van der Waals surface area (Å²) in [7, 11) is 0. The quantitative estimate of drug-likeness (QED) is 0.482. The van der Waals surface area contributed by atoms with Gasteiger partial charge in [0, 0.05) is 27.0 Å². The second kappa shape index (κ2) is 9.32. The van der Waals surface area contributed by atoms with Crippen LogP contribution in [0.2, 0.25) is 0 Å². The van der Waals surface area contributed by atoms with Crippen LogP contribution in [0.1, 0.15) is 36.4 Å². The summed E-state index contributed by atoms with van der Waals surface area (Å²) in [6.45, 7) is 0. The van der Waals surface area contributed by atoms with Gasteiger partial charge in [-0.15, -0.1) is 0 Å². The molecule has 0 aromatic heterocycles. The summed E-state index contributed by atoms with van der Waals surface area (Å²) < 4.78 is 1.98. The monoisotopic (exact) mass is 542 g/mol. The zero-order chi connectivity index (χ0) is 22.0. The van der Waals surface area contributed by atoms with E-state index >= 15 is 0 Å². The van der Waals surface area contributed by atoms with Gasteiger partial charge >= 0.3 is 5.97 Å². The van der Waals surface area contributed by atoms with E-state index in [1.165, 1.54) is 5.01 Å². The van der Waals surface area contributed by atoms with Crippen molar-refractivity contribution >= 4 is 55.5 Å². The average Bonchev–Trinajstić information content (AvgIpc) is 3.15. The summed E-state index contributed by atoms with van der Waals surface area (Å²) in [6, 6.07) is 15.7. The van der Waals surface area contributed by atoms with Crippen LogP contribution in [-0.4, -0.2) is 27.7 Å². The molecule has 158 valence electrons. The summed E-state index contributed by atoms with van der Waals surface area (Å²) in [5.74, 6) is -1.52. The second-order valence-corrected chi connectivity index (χ2v) is 9.39. The van der Waals surface area contributed by atoms with Crippen LogP contribution in [0, 0.1) is 5.92 Å². The van der Waals surface area contributed by atoms with Crippen molar-refractivity contribution in [2.45, 2.75) is 25.3 Å². The van der Waals surface area contributed by atoms with E-state index in [2.05, 4.69) is 37.9 Å². The summed E-state index contributed by atoms with van der Waals surface area (Å²) >= 11 is 6.92. The zero-order valence-electron chi connectivity index (χ0n) is 16.5. The number of carboxylic acids is 1. The number of carboxylic acid groups (broad SMARTS) is 1. The first-order valence-corrected chi connectivity index (χ1v) is 11.6. The van der Waals surface area contributed by atoms with Crippen molar-refractivity contribution in [1.29, 1.82) is 0 Å². The predicted molar refractivity (Wildman–Crippen MR) is 127 cm³/mol. The number of hydrogen-bond acceptors (Lipinski definition) is 3. The number of fused-ring (bicyclic) bond motifs is 1. The number of aliphatic carboxylic acids is 1. The first-order chi connectivity index (χ1) is 14.9. The third-order valence-corrected chi connectivity index (χ3v) is 6.58. The lowest BCUT2D eigenvalue weighted by molar-refractivity contribution is -0.132. The van der Waals surface area contributed by atoms with Gasteiger partial charge in [-0.05, 0) is 66.3 Å². The maximum absolute atomic E-state index is 12.9. The van der Waals surface area contributed by atoms with E-state index in [9.17, 15) is 9.59 Å². The lowest BCUT2D eigenvalue weighted by Crippen LogP contribution is -2.31. The van der Waals surface area contributed by atoms with Crippen molar-refractivity contribution in [2.75, 3.05) is 0 Å². The molecule has 5 nitrogen and oxygen atoms in total. The van der Waals surface area contributed by atoms with Gasteiger partial charge in [-0.2, -0.15) is 5.10 Å². The van der Waals surface area contributed by atoms with Gasteiger partial charge in [-0.1, -0.05) is 56.1 Å². The van der Waals surface area contributed by atoms with Crippen LogP contribution in [0.15, 0.2) is 80.3 Å². The first-order valence-electron chi connectivity index (χ1n) is 9.97. The van der Waals surface area contributed by atoms with Crippen LogP contribution in [0.5, 0.6) is 0 Å². The summed E-state index contributed by atoms with van der Waals surface area (Å²) in [4.78, 5) is 23.8. The number of carbonyl (C=O) groups is 2. The maximum Gasteiger partial charge on any atom is 0.328 e. The molecule has 2 atom stereocenters. The first kappa shape index (κ1) is 21.7. The van der Waals surface area contributed by atoms with E-state index in [-0.39, 0.29) is 12.0 Å². The van der Waals surface area contributed by atoms with Gasteiger partial charge in [0.25, 0.3) is 5.91 Å². The molecule has 2 aromatic rings. The number of hydrazone groups is 1. The normalized spacial score (nSPS) is 21.9. The van der Waals surface area contributed by atoms with E-state index in [0.717, 1.165) is 62.8 Å². The van der Waals surface area contributed by atoms with Gasteiger partial charge in [0.2, 0.25) is 0 Å². The smallest absolute Gasteiger partial charge is 0.328 e. The molecule has 31 heavy (non-hydrogen) atoms. The standard InChI is InChI=1S/C24H20Br2N2O3/c25-18-8-4-15(5-9-18)14-17-2-1-3-20-23(17)27-28(21(29)12-13-22(30)31)24(20)16-6-10-19(26)11-7-16/h4-14,20,24H,1-3H2,(H,30,31)/b13-12-,17-14+/t20-,24-/m1/s1. The topological polar surface area (TPSA) is 70.0 Å². The number of halogens is 2. The van der Waals surface area contributed by atoms with Crippen LogP contribution in [0.4, 0.5) is 0 Å². The Hall–Kier alpha value is -2.51. The predicted octanol–water partition coefficient (Wildman–Crippen LogP) is 5.98. The van der Waals surface area contributed by atoms with Gasteiger partial charge < -0.3 is 5.11 Å². The Bertz CT molecular complexity index is 1090. The van der Waals surface area contributed by atoms with E-state index in [1.807, 2.05) is 48.5 Å². The minimum atomic E-state index is -1.16. The fraction of sp³-hybridized carbons (Fsp3) is 0.208. The summed E-state index contributed by atoms with van der Waals surface area (Å²) in [5.41, 5.74) is 4.10. The number of nitrogens with zero attached hydrogens (tertiary/aromatic N) is 2. The minimum Gasteiger partial charge on any atom is -0.478 e. The third kappa shape index (κ3) is 4.88. The maximum atomic E-state index is 12.9. The van der Waals surface area contributed by atoms with Crippen LogP contribution in [-0.2, 0) is 9.59 Å². The van der Waals surface area contributed by atoms with Gasteiger partial charge in [0.1, 0.15) is 0 Å². The summed E-state index contributed by atoms with van der Waals surface area (Å²) in [5, 5.41) is 15.1. The summed E-state index contributed by atoms with van der Waals surface area (Å²) in [6.07, 6.45) is 6.90. The van der Waals surface area contributed by atoms with Crippen LogP contribution in [0.3, 0.4) is 0 Å². The molecule has 1 amide bonds. The third-order valence-electron chi connectivity index (χ3n) is 5.52. The van der Waals surface area contributed by atoms with Gasteiger partial charge in [0.05, 0.1) is 11.8 Å². The molecular weight excluding hydrogens is 524 g/mol. The Morgan fingerprint density at radius 3 is 2.29 bits per heavy atom. The molecule has 0 unspecified atom stereocenters. The Kier molecular flexibility index (Phi) is 6.53. The van der Waals surface area contributed by atoms with Crippen LogP contribution in [0.25, 0.3) is 6.08 Å². The highest BCUT2D eigenvalue weighted by Crippen LogP contribution is 2.44. The van der Waals surface area contributed by atoms with Gasteiger partial charge in [-0.3, -0.25) is 4.79 Å². The van der Waals surface area contributed by atoms with Gasteiger partial charge in [0.15, 0.2) is 0 Å². The molecular formula is C24H20Br2N2O3. The molecule has 1 aliphatic heterocycles. The van der Waals surface area contributed by atoms with Crippen LogP contribution < -0.4 is 0 Å². The van der Waals surface area contributed by atoms with E-state index in [4.69, 9.17) is 10.2 Å². The number of carbonyl (C=O) groups excluding carboxylic acids is 1. The Balaban J connectivity index is 1.74. The molecule has 1 aliphatic carbocycles. The van der Waals surface area contributed by atoms with Gasteiger partial charge in [-0.25, -0.2) is 9.80 Å². The van der Waals surface area contributed by atoms with Crippen molar-refractivity contribution in [2.24, 2.45) is 11.0 Å². The lowest BCUT2D eigenvalue weighted by atomic mass is 9.77. The molecule has 1 N–H and O–H groups in total. The number of allylic oxidation sites excluding steroid dienone is 1. The fourth-order valence-corrected chi connectivity index (χ4v) is 4.68. The highest BCUT2D eigenvalue weighted by Gasteiger charge is 2.43. The lowest BCUT2D eigenvalue weighted by Gasteiger charge is -2.29. The van der Waals surface area contributed by atoms with Crippen molar-refractivity contribution in [3.05, 3.63) is 86.3 Å². The Morgan fingerprint density at radius 2 is 1.65 bits per heavy atom. The number of benzene rings is 2. The number of rotatable bonds is 4. The van der Waals surface area contributed by atoms with E-state index in [1.54, 1.807) is 0 Å². The van der Waals surface area contributed by atoms with Crippen LogP contribution >= 0.6 is 31.9 Å². The molecule has 0 spiro atoms. The highest BCUT2D eigenvalue weighted by molar-refractivity contribution is 9.10. The van der Waals surface area contributed by atoms with E-state index in [0.29, 0.717) is 0 Å². The Labute approximate surface area is 197 Å². The molecule has 4 rings (SSSR count). The average molecular weight is 544 g/mol. The fourth-order valence-electron chi connectivity index (χ4n) is 4.15. The molecule has 0 radical (unpaired) electrons. The minimum absolute atomic E-state index is 0.0683.